The lowest BCUT2D eigenvalue weighted by Gasteiger charge is -2.19. The van der Waals surface area contributed by atoms with Gasteiger partial charge in [-0.05, 0) is 56.3 Å². The third-order valence-corrected chi connectivity index (χ3v) is 4.35. The van der Waals surface area contributed by atoms with Crippen molar-refractivity contribution >= 4 is 0 Å². The molecular formula is C15H20. The van der Waals surface area contributed by atoms with E-state index in [1.807, 2.05) is 0 Å². The lowest BCUT2D eigenvalue weighted by Crippen LogP contribution is -2.07. The summed E-state index contributed by atoms with van der Waals surface area (Å²) in [4.78, 5) is 0. The second kappa shape index (κ2) is 4.00. The maximum Gasteiger partial charge on any atom is -0.0199 e. The Morgan fingerprint density at radius 1 is 1.20 bits per heavy atom. The molecule has 0 heteroatoms. The predicted octanol–water partition coefficient (Wildman–Crippen LogP) is 4.26. The van der Waals surface area contributed by atoms with Crippen molar-refractivity contribution in [3.8, 4) is 0 Å². The first kappa shape index (κ1) is 9.45. The molecule has 3 atom stereocenters. The Kier molecular flexibility index (Phi) is 2.52. The van der Waals surface area contributed by atoms with Gasteiger partial charge in [-0.15, -0.1) is 0 Å². The SMILES string of the molecule is C1=CCCC(CCC2CC3C=CC2C3)=C1. The summed E-state index contributed by atoms with van der Waals surface area (Å²) in [5, 5.41) is 0. The maximum absolute atomic E-state index is 2.48. The molecule has 0 amide bonds. The molecule has 1 saturated carbocycles. The molecule has 0 N–H and O–H groups in total. The van der Waals surface area contributed by atoms with E-state index in [9.17, 15) is 0 Å². The van der Waals surface area contributed by atoms with Gasteiger partial charge in [0.25, 0.3) is 0 Å². The van der Waals surface area contributed by atoms with Crippen LogP contribution in [0.15, 0.2) is 36.0 Å². The number of hydrogen-bond acceptors (Lipinski definition) is 0. The van der Waals surface area contributed by atoms with E-state index in [0.29, 0.717) is 0 Å². The standard InChI is InChI=1S/C15H20/c1-2-4-12(5-3-1)6-8-14-10-13-7-9-15(14)11-13/h1-2,4,7,9,13-15H,3,5-6,8,10-11H2. The van der Waals surface area contributed by atoms with Gasteiger partial charge in [0.2, 0.25) is 0 Å². The minimum Gasteiger partial charge on any atom is -0.0851 e. The lowest BCUT2D eigenvalue weighted by atomic mass is 9.87. The van der Waals surface area contributed by atoms with E-state index in [-0.39, 0.29) is 0 Å². The van der Waals surface area contributed by atoms with Gasteiger partial charge in [0, 0.05) is 0 Å². The minimum absolute atomic E-state index is 0.940. The highest BCUT2D eigenvalue weighted by Crippen LogP contribution is 2.45. The second-order valence-corrected chi connectivity index (χ2v) is 5.37. The van der Waals surface area contributed by atoms with Crippen LogP contribution in [-0.2, 0) is 0 Å². The Labute approximate surface area is 92.8 Å². The summed E-state index contributed by atoms with van der Waals surface area (Å²) in [7, 11) is 0. The van der Waals surface area contributed by atoms with Gasteiger partial charge < -0.3 is 0 Å². The van der Waals surface area contributed by atoms with E-state index in [4.69, 9.17) is 0 Å². The third kappa shape index (κ3) is 1.95. The van der Waals surface area contributed by atoms with Gasteiger partial charge in [-0.2, -0.15) is 0 Å². The topological polar surface area (TPSA) is 0 Å². The van der Waals surface area contributed by atoms with Crippen LogP contribution in [-0.4, -0.2) is 0 Å². The Hall–Kier alpha value is -0.780. The lowest BCUT2D eigenvalue weighted by molar-refractivity contribution is 0.414. The molecule has 0 aromatic rings. The molecular weight excluding hydrogens is 180 g/mol. The average Bonchev–Trinajstić information content (AvgIpc) is 2.89. The summed E-state index contributed by atoms with van der Waals surface area (Å²) in [6.45, 7) is 0. The highest BCUT2D eigenvalue weighted by atomic mass is 14.4. The third-order valence-electron chi connectivity index (χ3n) is 4.35. The molecule has 0 radical (unpaired) electrons. The second-order valence-electron chi connectivity index (χ2n) is 5.37. The highest BCUT2D eigenvalue weighted by Gasteiger charge is 2.34. The van der Waals surface area contributed by atoms with Crippen LogP contribution in [0.25, 0.3) is 0 Å². The van der Waals surface area contributed by atoms with Crippen molar-refractivity contribution in [1.82, 2.24) is 0 Å². The van der Waals surface area contributed by atoms with E-state index in [1.165, 1.54) is 38.5 Å². The summed E-state index contributed by atoms with van der Waals surface area (Å²) in [6.07, 6.45) is 20.1. The van der Waals surface area contributed by atoms with Gasteiger partial charge in [0.1, 0.15) is 0 Å². The molecule has 0 nitrogen and oxygen atoms in total. The molecule has 0 saturated heterocycles. The van der Waals surface area contributed by atoms with E-state index in [0.717, 1.165) is 17.8 Å². The van der Waals surface area contributed by atoms with Gasteiger partial charge in [0.15, 0.2) is 0 Å². The minimum atomic E-state index is 0.940. The molecule has 3 aliphatic rings. The summed E-state index contributed by atoms with van der Waals surface area (Å²) in [6, 6.07) is 0. The molecule has 0 aromatic carbocycles. The van der Waals surface area contributed by atoms with Crippen LogP contribution in [0.2, 0.25) is 0 Å². The molecule has 3 unspecified atom stereocenters. The average molecular weight is 200 g/mol. The fraction of sp³-hybridized carbons (Fsp3) is 0.600. The van der Waals surface area contributed by atoms with Crippen molar-refractivity contribution in [2.24, 2.45) is 17.8 Å². The Bertz CT molecular complexity index is 319. The van der Waals surface area contributed by atoms with Crippen molar-refractivity contribution in [2.45, 2.75) is 38.5 Å². The Morgan fingerprint density at radius 2 is 2.20 bits per heavy atom. The number of allylic oxidation sites excluding steroid dienone is 6. The van der Waals surface area contributed by atoms with Crippen molar-refractivity contribution in [3.05, 3.63) is 36.0 Å². The number of hydrogen-bond donors (Lipinski definition) is 0. The van der Waals surface area contributed by atoms with Crippen LogP contribution in [0.1, 0.15) is 38.5 Å². The first-order chi connectivity index (χ1) is 7.42. The van der Waals surface area contributed by atoms with Gasteiger partial charge in [-0.3, -0.25) is 0 Å². The van der Waals surface area contributed by atoms with Crippen LogP contribution < -0.4 is 0 Å². The van der Waals surface area contributed by atoms with Crippen LogP contribution in [0.3, 0.4) is 0 Å². The monoisotopic (exact) mass is 200 g/mol. The Morgan fingerprint density at radius 3 is 2.87 bits per heavy atom. The fourth-order valence-electron chi connectivity index (χ4n) is 3.46. The van der Waals surface area contributed by atoms with Gasteiger partial charge in [0.05, 0.1) is 0 Å². The molecule has 3 rings (SSSR count). The van der Waals surface area contributed by atoms with Gasteiger partial charge in [-0.25, -0.2) is 0 Å². The summed E-state index contributed by atoms with van der Waals surface area (Å²) in [5.41, 5.74) is 1.68. The maximum atomic E-state index is 2.48. The van der Waals surface area contributed by atoms with Crippen LogP contribution in [0, 0.1) is 17.8 Å². The quantitative estimate of drug-likeness (QED) is 0.597. The molecule has 1 fully saturated rings. The van der Waals surface area contributed by atoms with E-state index in [1.54, 1.807) is 5.57 Å². The largest absolute Gasteiger partial charge is 0.0851 e. The zero-order valence-electron chi connectivity index (χ0n) is 9.36. The number of fused-ring (bicyclic) bond motifs is 2. The molecule has 0 spiro atoms. The Balaban J connectivity index is 1.52. The van der Waals surface area contributed by atoms with Crippen LogP contribution in [0.5, 0.6) is 0 Å². The van der Waals surface area contributed by atoms with Gasteiger partial charge in [-0.1, -0.05) is 36.0 Å². The normalized spacial score (nSPS) is 37.3. The summed E-state index contributed by atoms with van der Waals surface area (Å²) in [5.74, 6) is 2.89. The van der Waals surface area contributed by atoms with Crippen molar-refractivity contribution in [2.75, 3.05) is 0 Å². The van der Waals surface area contributed by atoms with E-state index >= 15 is 0 Å². The molecule has 15 heavy (non-hydrogen) atoms. The molecule has 0 heterocycles. The fourth-order valence-corrected chi connectivity index (χ4v) is 3.46. The molecule has 2 bridgehead atoms. The zero-order chi connectivity index (χ0) is 10.1. The summed E-state index contributed by atoms with van der Waals surface area (Å²) < 4.78 is 0. The van der Waals surface area contributed by atoms with Gasteiger partial charge >= 0.3 is 0 Å². The van der Waals surface area contributed by atoms with E-state index < -0.39 is 0 Å². The van der Waals surface area contributed by atoms with Crippen LogP contribution in [0.4, 0.5) is 0 Å². The zero-order valence-corrected chi connectivity index (χ0v) is 9.36. The number of rotatable bonds is 3. The first-order valence-electron chi connectivity index (χ1n) is 6.45. The molecule has 0 aliphatic heterocycles. The van der Waals surface area contributed by atoms with Crippen molar-refractivity contribution < 1.29 is 0 Å². The van der Waals surface area contributed by atoms with E-state index in [2.05, 4.69) is 30.4 Å². The van der Waals surface area contributed by atoms with Crippen LogP contribution >= 0.6 is 0 Å². The highest BCUT2D eigenvalue weighted by molar-refractivity contribution is 5.18. The van der Waals surface area contributed by atoms with Crippen molar-refractivity contribution in [3.63, 3.8) is 0 Å². The predicted molar refractivity (Wildman–Crippen MR) is 64.5 cm³/mol. The molecule has 80 valence electrons. The molecule has 0 aromatic heterocycles. The first-order valence-corrected chi connectivity index (χ1v) is 6.45. The smallest absolute Gasteiger partial charge is 0.0199 e. The summed E-state index contributed by atoms with van der Waals surface area (Å²) >= 11 is 0. The molecule has 3 aliphatic carbocycles. The van der Waals surface area contributed by atoms with Crippen molar-refractivity contribution in [1.29, 1.82) is 0 Å².